The highest BCUT2D eigenvalue weighted by Crippen LogP contribution is 2.52. The third kappa shape index (κ3) is 6.34. The van der Waals surface area contributed by atoms with Crippen LogP contribution < -0.4 is 11.1 Å². The lowest BCUT2D eigenvalue weighted by Gasteiger charge is -2.38. The van der Waals surface area contributed by atoms with Crippen molar-refractivity contribution in [3.63, 3.8) is 0 Å². The Kier molecular flexibility index (Phi) is 9.57. The van der Waals surface area contributed by atoms with E-state index in [1.165, 1.54) is 30.3 Å². The monoisotopic (exact) mass is 583 g/mol. The molecule has 0 radical (unpaired) electrons. The fourth-order valence-corrected chi connectivity index (χ4v) is 5.44. The van der Waals surface area contributed by atoms with Crippen molar-refractivity contribution in [1.29, 1.82) is 5.26 Å². The van der Waals surface area contributed by atoms with Crippen LogP contribution in [-0.4, -0.2) is 53.5 Å². The average molecular weight is 584 g/mol. The number of aliphatic hydroxyl groups is 2. The summed E-state index contributed by atoms with van der Waals surface area (Å²) in [6.07, 6.45) is -1.80. The molecule has 12 heteroatoms. The van der Waals surface area contributed by atoms with Crippen molar-refractivity contribution in [2.24, 2.45) is 11.1 Å². The second kappa shape index (κ2) is 12.1. The molecule has 0 unspecified atom stereocenters. The van der Waals surface area contributed by atoms with Gasteiger partial charge in [0.05, 0.1) is 23.6 Å². The number of carbonyl (C=O) groups excluding carboxylic acids is 2. The second-order valence-corrected chi connectivity index (χ2v) is 11.2. The number of esters is 1. The van der Waals surface area contributed by atoms with Crippen LogP contribution in [0.1, 0.15) is 43.7 Å². The molecule has 0 spiro atoms. The third-order valence-electron chi connectivity index (χ3n) is 6.93. The number of nitrogens with one attached hydrogen (secondary N) is 1. The summed E-state index contributed by atoms with van der Waals surface area (Å²) in [5, 5.41) is 33.5. The summed E-state index contributed by atoms with van der Waals surface area (Å²) < 4.78 is 36.4. The molecule has 0 bridgehead atoms. The minimum absolute atomic E-state index is 0.0614. The van der Waals surface area contributed by atoms with Gasteiger partial charge in [0.1, 0.15) is 29.7 Å². The number of benzene rings is 2. The van der Waals surface area contributed by atoms with Crippen molar-refractivity contribution >= 4 is 35.1 Å². The SMILES string of the molecule is CC(C)(CO)C[C@@H]1N[C@@H](C(=O)OC[C@@H](O)CC(N)=O)[C@H](c2cccc(Cl)c2F)[C@@]1(C#N)c1ccc(Cl)cc1F. The summed E-state index contributed by atoms with van der Waals surface area (Å²) in [7, 11) is 0. The molecule has 0 aromatic heterocycles. The topological polar surface area (TPSA) is 146 Å². The molecule has 39 heavy (non-hydrogen) atoms. The molecule has 5 atom stereocenters. The molecule has 1 fully saturated rings. The fourth-order valence-electron chi connectivity index (χ4n) is 5.10. The van der Waals surface area contributed by atoms with Gasteiger partial charge in [-0.25, -0.2) is 8.78 Å². The minimum Gasteiger partial charge on any atom is -0.462 e. The number of halogens is 4. The predicted molar refractivity (Wildman–Crippen MR) is 140 cm³/mol. The predicted octanol–water partition coefficient (Wildman–Crippen LogP) is 3.35. The van der Waals surface area contributed by atoms with E-state index in [4.69, 9.17) is 33.7 Å². The molecule has 1 amide bonds. The molecule has 1 aliphatic rings. The van der Waals surface area contributed by atoms with Gasteiger partial charge in [-0.3, -0.25) is 14.9 Å². The van der Waals surface area contributed by atoms with Crippen LogP contribution in [0.25, 0.3) is 0 Å². The van der Waals surface area contributed by atoms with Crippen LogP contribution in [0.2, 0.25) is 10.0 Å². The van der Waals surface area contributed by atoms with Gasteiger partial charge in [0.2, 0.25) is 5.91 Å². The van der Waals surface area contributed by atoms with Gasteiger partial charge < -0.3 is 20.7 Å². The number of carbonyl (C=O) groups is 2. The zero-order valence-electron chi connectivity index (χ0n) is 21.3. The highest BCUT2D eigenvalue weighted by Gasteiger charge is 2.61. The summed E-state index contributed by atoms with van der Waals surface area (Å²) in [4.78, 5) is 24.5. The Balaban J connectivity index is 2.25. The molecule has 2 aromatic rings. The van der Waals surface area contributed by atoms with Gasteiger partial charge >= 0.3 is 5.97 Å². The Labute approximate surface area is 234 Å². The molecule has 0 saturated carbocycles. The third-order valence-corrected chi connectivity index (χ3v) is 7.45. The van der Waals surface area contributed by atoms with Gasteiger partial charge in [0.15, 0.2) is 0 Å². The lowest BCUT2D eigenvalue weighted by atomic mass is 9.62. The van der Waals surface area contributed by atoms with E-state index >= 15 is 8.78 Å². The molecule has 1 heterocycles. The van der Waals surface area contributed by atoms with Crippen LogP contribution in [0.4, 0.5) is 8.78 Å². The van der Waals surface area contributed by atoms with Gasteiger partial charge in [-0.05, 0) is 35.6 Å². The van der Waals surface area contributed by atoms with Crippen LogP contribution in [0.5, 0.6) is 0 Å². The van der Waals surface area contributed by atoms with Crippen molar-refractivity contribution in [1.82, 2.24) is 5.32 Å². The van der Waals surface area contributed by atoms with E-state index in [0.29, 0.717) is 0 Å². The number of aliphatic hydroxyl groups excluding tert-OH is 2. The fraction of sp³-hybridized carbons (Fsp3) is 0.444. The molecule has 5 N–H and O–H groups in total. The maximum absolute atomic E-state index is 15.6. The zero-order valence-corrected chi connectivity index (χ0v) is 22.8. The first kappa shape index (κ1) is 30.7. The van der Waals surface area contributed by atoms with E-state index in [1.807, 2.05) is 0 Å². The van der Waals surface area contributed by atoms with Crippen LogP contribution in [0, 0.1) is 28.4 Å². The molecule has 3 rings (SSSR count). The van der Waals surface area contributed by atoms with Crippen LogP contribution in [0.3, 0.4) is 0 Å². The van der Waals surface area contributed by atoms with E-state index < -0.39 is 71.5 Å². The molecule has 1 aliphatic heterocycles. The van der Waals surface area contributed by atoms with Crippen LogP contribution in [-0.2, 0) is 19.7 Å². The first-order valence-electron chi connectivity index (χ1n) is 12.1. The van der Waals surface area contributed by atoms with Gasteiger partial charge in [-0.2, -0.15) is 5.26 Å². The molecule has 8 nitrogen and oxygen atoms in total. The Bertz CT molecular complexity index is 1290. The lowest BCUT2D eigenvalue weighted by Crippen LogP contribution is -2.45. The van der Waals surface area contributed by atoms with Gasteiger partial charge in [-0.1, -0.05) is 55.2 Å². The average Bonchev–Trinajstić information content (AvgIpc) is 3.17. The summed E-state index contributed by atoms with van der Waals surface area (Å²) in [6, 6.07) is 7.51. The standard InChI is InChI=1S/C27H29Cl2F2N3O5/c1-26(2,13-35)10-20-27(12-32,17-7-6-14(28)8-19(17)30)22(16-4-3-5-18(29)23(16)31)24(34-20)25(38)39-11-15(36)9-21(33)37/h3-8,15,20,22,24,34-36H,9-11,13H2,1-2H3,(H2,33,37)/t15-,20-,22-,24+,27-/m0/s1. The first-order chi connectivity index (χ1) is 18.3. The Morgan fingerprint density at radius 1 is 1.28 bits per heavy atom. The smallest absolute Gasteiger partial charge is 0.323 e. The second-order valence-electron chi connectivity index (χ2n) is 10.4. The van der Waals surface area contributed by atoms with E-state index in [0.717, 1.165) is 6.07 Å². The Morgan fingerprint density at radius 3 is 2.56 bits per heavy atom. The quantitative estimate of drug-likeness (QED) is 0.314. The molecule has 210 valence electrons. The van der Waals surface area contributed by atoms with Crippen molar-refractivity contribution in [2.75, 3.05) is 13.2 Å². The van der Waals surface area contributed by atoms with E-state index in [1.54, 1.807) is 13.8 Å². The van der Waals surface area contributed by atoms with Crippen molar-refractivity contribution in [3.05, 3.63) is 69.2 Å². The van der Waals surface area contributed by atoms with Crippen molar-refractivity contribution in [3.8, 4) is 6.07 Å². The number of hydrogen-bond acceptors (Lipinski definition) is 7. The maximum Gasteiger partial charge on any atom is 0.323 e. The van der Waals surface area contributed by atoms with Crippen LogP contribution >= 0.6 is 23.2 Å². The highest BCUT2D eigenvalue weighted by atomic mass is 35.5. The summed E-state index contributed by atoms with van der Waals surface area (Å²) in [6.45, 7) is 2.53. The number of primary amides is 1. The maximum atomic E-state index is 15.6. The molecule has 2 aromatic carbocycles. The van der Waals surface area contributed by atoms with Crippen molar-refractivity contribution < 1.29 is 33.3 Å². The van der Waals surface area contributed by atoms with Crippen molar-refractivity contribution in [2.45, 2.75) is 56.2 Å². The highest BCUT2D eigenvalue weighted by molar-refractivity contribution is 6.31. The van der Waals surface area contributed by atoms with Gasteiger partial charge in [-0.15, -0.1) is 0 Å². The summed E-state index contributed by atoms with van der Waals surface area (Å²) in [5.41, 5.74) is 2.06. The molecule has 0 aliphatic carbocycles. The number of nitriles is 1. The Morgan fingerprint density at radius 2 is 1.97 bits per heavy atom. The Hall–Kier alpha value is -2.81. The van der Waals surface area contributed by atoms with Gasteiger partial charge in [0.25, 0.3) is 0 Å². The molecule has 1 saturated heterocycles. The minimum atomic E-state index is -1.91. The number of rotatable bonds is 10. The number of hydrogen-bond donors (Lipinski definition) is 4. The molecular weight excluding hydrogens is 555 g/mol. The summed E-state index contributed by atoms with van der Waals surface area (Å²) in [5.74, 6) is -4.94. The number of nitrogens with two attached hydrogens (primary N) is 1. The largest absolute Gasteiger partial charge is 0.462 e. The van der Waals surface area contributed by atoms with E-state index in [2.05, 4.69) is 11.4 Å². The molecular formula is C27H29Cl2F2N3O5. The zero-order chi connectivity index (χ0) is 29.1. The lowest BCUT2D eigenvalue weighted by molar-refractivity contribution is -0.150. The van der Waals surface area contributed by atoms with Crippen LogP contribution in [0.15, 0.2) is 36.4 Å². The van der Waals surface area contributed by atoms with Gasteiger partial charge in [0, 0.05) is 29.2 Å². The first-order valence-corrected chi connectivity index (χ1v) is 12.8. The van der Waals surface area contributed by atoms with E-state index in [9.17, 15) is 25.1 Å². The number of nitrogens with zero attached hydrogens (tertiary/aromatic N) is 1. The summed E-state index contributed by atoms with van der Waals surface area (Å²) >= 11 is 12.1. The normalized spacial score (nSPS) is 23.7. The number of amides is 1. The number of ether oxygens (including phenoxy) is 1. The van der Waals surface area contributed by atoms with E-state index in [-0.39, 0.29) is 34.2 Å².